The third-order valence-corrected chi connectivity index (χ3v) is 5.27. The average Bonchev–Trinajstić information content (AvgIpc) is 2.62. The summed E-state index contributed by atoms with van der Waals surface area (Å²) in [5.41, 5.74) is 1.20. The van der Waals surface area contributed by atoms with Crippen molar-refractivity contribution in [3.63, 3.8) is 0 Å². The summed E-state index contributed by atoms with van der Waals surface area (Å²) in [6, 6.07) is 4.68. The van der Waals surface area contributed by atoms with E-state index < -0.39 is 0 Å². The van der Waals surface area contributed by atoms with E-state index in [2.05, 4.69) is 21.8 Å². The Labute approximate surface area is 139 Å². The van der Waals surface area contributed by atoms with Gasteiger partial charge >= 0.3 is 0 Å². The van der Waals surface area contributed by atoms with Crippen molar-refractivity contribution in [1.82, 2.24) is 14.8 Å². The van der Waals surface area contributed by atoms with Gasteiger partial charge in [0.25, 0.3) is 0 Å². The van der Waals surface area contributed by atoms with E-state index in [1.165, 1.54) is 31.5 Å². The lowest BCUT2D eigenvalue weighted by Crippen LogP contribution is -2.49. The van der Waals surface area contributed by atoms with Crippen molar-refractivity contribution in [1.29, 1.82) is 0 Å². The number of anilines is 1. The number of pyridine rings is 1. The number of rotatable bonds is 4. The smallest absolute Gasteiger partial charge is 0.222 e. The average molecular weight is 316 g/mol. The summed E-state index contributed by atoms with van der Waals surface area (Å²) in [5, 5.41) is 0. The largest absolute Gasteiger partial charge is 0.368 e. The monoisotopic (exact) mass is 316 g/mol. The number of nitrogens with zero attached hydrogens (tertiary/aromatic N) is 4. The van der Waals surface area contributed by atoms with Crippen molar-refractivity contribution in [3.05, 3.63) is 24.5 Å². The summed E-state index contributed by atoms with van der Waals surface area (Å²) < 4.78 is 0. The third kappa shape index (κ3) is 4.22. The number of carbonyl (C=O) groups excluding carboxylic acids is 1. The molecule has 1 amide bonds. The van der Waals surface area contributed by atoms with Gasteiger partial charge in [0.15, 0.2) is 0 Å². The first-order valence-electron chi connectivity index (χ1n) is 8.87. The second-order valence-corrected chi connectivity index (χ2v) is 6.74. The van der Waals surface area contributed by atoms with Gasteiger partial charge < -0.3 is 14.7 Å². The van der Waals surface area contributed by atoms with E-state index in [9.17, 15) is 4.79 Å². The van der Waals surface area contributed by atoms with Gasteiger partial charge in [0.1, 0.15) is 0 Å². The Morgan fingerprint density at radius 1 is 1.13 bits per heavy atom. The highest BCUT2D eigenvalue weighted by molar-refractivity contribution is 5.76. The number of piperazine rings is 1. The Kier molecular flexibility index (Phi) is 5.49. The van der Waals surface area contributed by atoms with Crippen LogP contribution in [0.5, 0.6) is 0 Å². The summed E-state index contributed by atoms with van der Waals surface area (Å²) in [7, 11) is 2.20. The fraction of sp³-hybridized carbons (Fsp3) is 0.667. The van der Waals surface area contributed by atoms with Gasteiger partial charge in [-0.3, -0.25) is 9.78 Å². The predicted molar refractivity (Wildman–Crippen MR) is 92.5 cm³/mol. The zero-order valence-electron chi connectivity index (χ0n) is 14.2. The molecule has 0 radical (unpaired) electrons. The van der Waals surface area contributed by atoms with Crippen LogP contribution in [0, 0.1) is 0 Å². The van der Waals surface area contributed by atoms with E-state index >= 15 is 0 Å². The molecule has 0 saturated carbocycles. The van der Waals surface area contributed by atoms with Gasteiger partial charge in [-0.1, -0.05) is 6.42 Å². The molecule has 126 valence electrons. The number of aromatic nitrogens is 1. The van der Waals surface area contributed by atoms with Crippen molar-refractivity contribution in [2.24, 2.45) is 0 Å². The molecule has 2 aliphatic rings. The van der Waals surface area contributed by atoms with E-state index in [1.807, 2.05) is 29.4 Å². The highest BCUT2D eigenvalue weighted by Crippen LogP contribution is 2.20. The first-order chi connectivity index (χ1) is 11.2. The molecule has 0 aliphatic carbocycles. The van der Waals surface area contributed by atoms with Crippen LogP contribution in [0.3, 0.4) is 0 Å². The number of likely N-dealkylation sites (tertiary alicyclic amines) is 1. The predicted octanol–water partition coefficient (Wildman–Crippen LogP) is 1.99. The van der Waals surface area contributed by atoms with Crippen LogP contribution in [0.2, 0.25) is 0 Å². The fourth-order valence-electron chi connectivity index (χ4n) is 3.73. The summed E-state index contributed by atoms with van der Waals surface area (Å²) in [5.74, 6) is 0.332. The number of hydrogen-bond acceptors (Lipinski definition) is 4. The van der Waals surface area contributed by atoms with Gasteiger partial charge in [-0.2, -0.15) is 0 Å². The maximum Gasteiger partial charge on any atom is 0.222 e. The highest BCUT2D eigenvalue weighted by atomic mass is 16.2. The molecule has 3 rings (SSSR count). The topological polar surface area (TPSA) is 39.7 Å². The minimum absolute atomic E-state index is 0.332. The van der Waals surface area contributed by atoms with Crippen LogP contribution < -0.4 is 4.90 Å². The van der Waals surface area contributed by atoms with Gasteiger partial charge in [-0.15, -0.1) is 0 Å². The van der Waals surface area contributed by atoms with Crippen molar-refractivity contribution < 1.29 is 4.79 Å². The van der Waals surface area contributed by atoms with Gasteiger partial charge in [0, 0.05) is 56.7 Å². The maximum atomic E-state index is 12.5. The molecule has 2 saturated heterocycles. The maximum absolute atomic E-state index is 12.5. The van der Waals surface area contributed by atoms with Crippen molar-refractivity contribution in [3.8, 4) is 0 Å². The molecule has 0 aromatic carbocycles. The van der Waals surface area contributed by atoms with Crippen LogP contribution in [0.1, 0.15) is 32.1 Å². The molecule has 23 heavy (non-hydrogen) atoms. The Hall–Kier alpha value is -1.62. The first kappa shape index (κ1) is 16.2. The Morgan fingerprint density at radius 2 is 1.87 bits per heavy atom. The molecular weight excluding hydrogens is 288 g/mol. The molecule has 1 aromatic heterocycles. The summed E-state index contributed by atoms with van der Waals surface area (Å²) in [4.78, 5) is 23.3. The normalized spacial score (nSPS) is 23.1. The van der Waals surface area contributed by atoms with E-state index in [4.69, 9.17) is 0 Å². The van der Waals surface area contributed by atoms with Gasteiger partial charge in [0.05, 0.1) is 0 Å². The van der Waals surface area contributed by atoms with E-state index in [0.29, 0.717) is 18.4 Å². The van der Waals surface area contributed by atoms with Crippen LogP contribution in [0.15, 0.2) is 24.5 Å². The van der Waals surface area contributed by atoms with Gasteiger partial charge in [-0.05, 0) is 45.0 Å². The molecular formula is C18H28N4O. The SMILES string of the molecule is CN1CCCC[C@H]1CCC(=O)N1CCN(c2ccncc2)CC1. The fourth-order valence-corrected chi connectivity index (χ4v) is 3.73. The molecule has 2 fully saturated rings. The number of hydrogen-bond donors (Lipinski definition) is 0. The Balaban J connectivity index is 1.43. The lowest BCUT2D eigenvalue weighted by atomic mass is 9.98. The lowest BCUT2D eigenvalue weighted by molar-refractivity contribution is -0.131. The van der Waals surface area contributed by atoms with Crippen LogP contribution >= 0.6 is 0 Å². The first-order valence-corrected chi connectivity index (χ1v) is 8.87. The molecule has 3 heterocycles. The molecule has 0 bridgehead atoms. The van der Waals surface area contributed by atoms with E-state index in [1.54, 1.807) is 0 Å². The van der Waals surface area contributed by atoms with E-state index in [0.717, 1.165) is 32.6 Å². The lowest BCUT2D eigenvalue weighted by Gasteiger charge is -2.37. The Morgan fingerprint density at radius 3 is 2.57 bits per heavy atom. The summed E-state index contributed by atoms with van der Waals surface area (Å²) in [6.07, 6.45) is 9.23. The quantitative estimate of drug-likeness (QED) is 0.852. The van der Waals surface area contributed by atoms with Crippen molar-refractivity contribution >= 4 is 11.6 Å². The number of piperidine rings is 1. The molecule has 1 aromatic rings. The Bertz CT molecular complexity index is 499. The van der Waals surface area contributed by atoms with Crippen LogP contribution in [-0.2, 0) is 4.79 Å². The number of amides is 1. The van der Waals surface area contributed by atoms with E-state index in [-0.39, 0.29) is 0 Å². The molecule has 5 nitrogen and oxygen atoms in total. The molecule has 2 aliphatic heterocycles. The van der Waals surface area contributed by atoms with Crippen molar-refractivity contribution in [2.75, 3.05) is 44.7 Å². The van der Waals surface area contributed by atoms with Crippen LogP contribution in [0.25, 0.3) is 0 Å². The molecule has 1 atom stereocenters. The third-order valence-electron chi connectivity index (χ3n) is 5.27. The summed E-state index contributed by atoms with van der Waals surface area (Å²) in [6.45, 7) is 4.69. The zero-order chi connectivity index (χ0) is 16.1. The van der Waals surface area contributed by atoms with Crippen molar-refractivity contribution in [2.45, 2.75) is 38.1 Å². The zero-order valence-corrected chi connectivity index (χ0v) is 14.2. The molecule has 0 N–H and O–H groups in total. The molecule has 0 spiro atoms. The molecule has 0 unspecified atom stereocenters. The minimum Gasteiger partial charge on any atom is -0.368 e. The minimum atomic E-state index is 0.332. The van der Waals surface area contributed by atoms with Gasteiger partial charge in [0.2, 0.25) is 5.91 Å². The van der Waals surface area contributed by atoms with Crippen LogP contribution in [0.4, 0.5) is 5.69 Å². The van der Waals surface area contributed by atoms with Crippen LogP contribution in [-0.4, -0.2) is 66.5 Å². The number of carbonyl (C=O) groups is 1. The standard InChI is InChI=1S/C18H28N4O/c1-20-11-3-2-4-16(20)5-6-18(23)22-14-12-21(13-15-22)17-7-9-19-10-8-17/h7-10,16H,2-6,11-15H2,1H3/t16-/m0/s1. The highest BCUT2D eigenvalue weighted by Gasteiger charge is 2.24. The second kappa shape index (κ2) is 7.77. The summed E-state index contributed by atoms with van der Waals surface area (Å²) >= 11 is 0. The molecule has 5 heteroatoms. The second-order valence-electron chi connectivity index (χ2n) is 6.74. The van der Waals surface area contributed by atoms with Gasteiger partial charge in [-0.25, -0.2) is 0 Å².